The van der Waals surface area contributed by atoms with Crippen molar-refractivity contribution in [2.24, 2.45) is 0 Å². The zero-order valence-electron chi connectivity index (χ0n) is 14.9. The summed E-state index contributed by atoms with van der Waals surface area (Å²) < 4.78 is 12.0. The van der Waals surface area contributed by atoms with Crippen LogP contribution in [0.4, 0.5) is 0 Å². The zero-order valence-corrected chi connectivity index (χ0v) is 17.2. The normalized spacial score (nSPS) is 11.1. The summed E-state index contributed by atoms with van der Waals surface area (Å²) >= 11 is 9.46. The first-order valence-corrected chi connectivity index (χ1v) is 9.96. The van der Waals surface area contributed by atoms with Gasteiger partial charge in [0.2, 0.25) is 5.91 Å². The van der Waals surface area contributed by atoms with Crippen molar-refractivity contribution in [2.45, 2.75) is 19.5 Å². The van der Waals surface area contributed by atoms with Crippen LogP contribution in [-0.4, -0.2) is 10.8 Å². The summed E-state index contributed by atoms with van der Waals surface area (Å²) in [6, 6.07) is 17.0. The summed E-state index contributed by atoms with van der Waals surface area (Å²) in [6.45, 7) is 0.865. The number of furan rings is 2. The molecule has 142 valence electrons. The van der Waals surface area contributed by atoms with Gasteiger partial charge in [0.25, 0.3) is 0 Å². The number of nitrogens with zero attached hydrogens (tertiary/aromatic N) is 1. The van der Waals surface area contributed by atoms with Crippen LogP contribution in [0, 0.1) is 0 Å². The lowest BCUT2D eigenvalue weighted by atomic mass is 10.1. The second-order valence-electron chi connectivity index (χ2n) is 6.53. The molecule has 6 heteroatoms. The average Bonchev–Trinajstić information content (AvgIpc) is 3.33. The molecular formula is C22H17BrClNO3. The van der Waals surface area contributed by atoms with E-state index < -0.39 is 0 Å². The summed E-state index contributed by atoms with van der Waals surface area (Å²) in [7, 11) is 0. The summed E-state index contributed by atoms with van der Waals surface area (Å²) in [4.78, 5) is 14.9. The van der Waals surface area contributed by atoms with E-state index in [-0.39, 0.29) is 12.3 Å². The molecule has 0 fully saturated rings. The van der Waals surface area contributed by atoms with Crippen molar-refractivity contribution in [3.63, 3.8) is 0 Å². The maximum Gasteiger partial charge on any atom is 0.227 e. The zero-order chi connectivity index (χ0) is 19.5. The monoisotopic (exact) mass is 457 g/mol. The molecule has 0 saturated heterocycles. The molecular weight excluding hydrogens is 442 g/mol. The van der Waals surface area contributed by atoms with Gasteiger partial charge < -0.3 is 13.7 Å². The molecule has 2 heterocycles. The van der Waals surface area contributed by atoms with E-state index in [1.54, 1.807) is 17.4 Å². The molecule has 1 amide bonds. The number of hydrogen-bond acceptors (Lipinski definition) is 3. The van der Waals surface area contributed by atoms with E-state index in [9.17, 15) is 4.79 Å². The molecule has 0 spiro atoms. The first-order valence-electron chi connectivity index (χ1n) is 8.79. The molecule has 0 atom stereocenters. The molecule has 28 heavy (non-hydrogen) atoms. The summed E-state index contributed by atoms with van der Waals surface area (Å²) in [5.74, 6) is 0.733. The van der Waals surface area contributed by atoms with Crippen LogP contribution < -0.4 is 0 Å². The van der Waals surface area contributed by atoms with E-state index in [1.807, 2.05) is 54.6 Å². The molecule has 0 bridgehead atoms. The van der Waals surface area contributed by atoms with E-state index in [2.05, 4.69) is 15.9 Å². The first kappa shape index (κ1) is 18.8. The standard InChI is InChI=1S/C22H17BrClNO3/c23-17-5-8-21-20(11-17)16(14-28-21)10-22(26)25(13-19-2-1-9-27-19)12-15-3-6-18(24)7-4-15/h1-9,11,14H,10,12-13H2. The largest absolute Gasteiger partial charge is 0.467 e. The number of carbonyl (C=O) groups excluding carboxylic acids is 1. The van der Waals surface area contributed by atoms with Gasteiger partial charge in [0.05, 0.1) is 25.5 Å². The number of fused-ring (bicyclic) bond motifs is 1. The third-order valence-corrected chi connectivity index (χ3v) is 5.27. The van der Waals surface area contributed by atoms with Crippen LogP contribution in [0.3, 0.4) is 0 Å². The molecule has 4 aromatic rings. The van der Waals surface area contributed by atoms with E-state index in [1.165, 1.54) is 0 Å². The summed E-state index contributed by atoms with van der Waals surface area (Å²) in [5.41, 5.74) is 2.63. The van der Waals surface area contributed by atoms with Gasteiger partial charge in [-0.1, -0.05) is 39.7 Å². The second kappa shape index (κ2) is 8.25. The van der Waals surface area contributed by atoms with Gasteiger partial charge in [-0.15, -0.1) is 0 Å². The maximum atomic E-state index is 13.1. The highest BCUT2D eigenvalue weighted by Gasteiger charge is 2.19. The van der Waals surface area contributed by atoms with E-state index >= 15 is 0 Å². The minimum absolute atomic E-state index is 0.00553. The number of carbonyl (C=O) groups is 1. The van der Waals surface area contributed by atoms with Gasteiger partial charge in [0.1, 0.15) is 11.3 Å². The van der Waals surface area contributed by atoms with Gasteiger partial charge in [0, 0.05) is 27.0 Å². The highest BCUT2D eigenvalue weighted by molar-refractivity contribution is 9.10. The van der Waals surface area contributed by atoms with Gasteiger partial charge in [-0.05, 0) is 48.0 Å². The fourth-order valence-electron chi connectivity index (χ4n) is 3.10. The molecule has 0 saturated carbocycles. The molecule has 0 aliphatic carbocycles. The Balaban J connectivity index is 1.58. The minimum atomic E-state index is -0.00553. The van der Waals surface area contributed by atoms with Gasteiger partial charge in [-0.25, -0.2) is 0 Å². The molecule has 0 N–H and O–H groups in total. The lowest BCUT2D eigenvalue weighted by Gasteiger charge is -2.22. The van der Waals surface area contributed by atoms with Crippen LogP contribution in [-0.2, 0) is 24.3 Å². The number of halogens is 2. The van der Waals surface area contributed by atoms with Crippen LogP contribution in [0.15, 0.2) is 80.4 Å². The fourth-order valence-corrected chi connectivity index (χ4v) is 3.59. The molecule has 2 aromatic carbocycles. The lowest BCUT2D eigenvalue weighted by Crippen LogP contribution is -2.31. The SMILES string of the molecule is O=C(Cc1coc2ccc(Br)cc12)N(Cc1ccc(Cl)cc1)Cc1ccco1. The van der Waals surface area contributed by atoms with Gasteiger partial charge in [0.15, 0.2) is 0 Å². The molecule has 4 nitrogen and oxygen atoms in total. The Morgan fingerprint density at radius 3 is 2.61 bits per heavy atom. The Labute approximate surface area is 175 Å². The quantitative estimate of drug-likeness (QED) is 0.345. The second-order valence-corrected chi connectivity index (χ2v) is 7.89. The van der Waals surface area contributed by atoms with Crippen LogP contribution >= 0.6 is 27.5 Å². The third-order valence-electron chi connectivity index (χ3n) is 4.52. The Kier molecular flexibility index (Phi) is 5.55. The van der Waals surface area contributed by atoms with Crippen LogP contribution in [0.2, 0.25) is 5.02 Å². The Bertz CT molecular complexity index is 1090. The molecule has 4 rings (SSSR count). The Morgan fingerprint density at radius 1 is 1.04 bits per heavy atom. The van der Waals surface area contributed by atoms with Crippen molar-refractivity contribution >= 4 is 44.4 Å². The van der Waals surface area contributed by atoms with Gasteiger partial charge >= 0.3 is 0 Å². The van der Waals surface area contributed by atoms with Gasteiger partial charge in [-0.2, -0.15) is 0 Å². The van der Waals surface area contributed by atoms with Crippen LogP contribution in [0.1, 0.15) is 16.9 Å². The van der Waals surface area contributed by atoms with Crippen molar-refractivity contribution in [2.75, 3.05) is 0 Å². The summed E-state index contributed by atoms with van der Waals surface area (Å²) in [5, 5.41) is 1.61. The molecule has 0 radical (unpaired) electrons. The highest BCUT2D eigenvalue weighted by atomic mass is 79.9. The van der Waals surface area contributed by atoms with E-state index in [0.717, 1.165) is 32.3 Å². The number of hydrogen-bond donors (Lipinski definition) is 0. The number of amides is 1. The van der Waals surface area contributed by atoms with Gasteiger partial charge in [-0.3, -0.25) is 4.79 Å². The van der Waals surface area contributed by atoms with E-state index in [4.69, 9.17) is 20.4 Å². The van der Waals surface area contributed by atoms with Crippen molar-refractivity contribution < 1.29 is 13.6 Å². The summed E-state index contributed by atoms with van der Waals surface area (Å²) in [6.07, 6.45) is 3.52. The molecule has 2 aromatic heterocycles. The van der Waals surface area contributed by atoms with E-state index in [0.29, 0.717) is 18.1 Å². The predicted octanol–water partition coefficient (Wildman–Crippen LogP) is 6.21. The first-order chi connectivity index (χ1) is 13.6. The molecule has 0 aliphatic rings. The van der Waals surface area contributed by atoms with Crippen molar-refractivity contribution in [1.29, 1.82) is 0 Å². The third kappa shape index (κ3) is 4.32. The maximum absolute atomic E-state index is 13.1. The average molecular weight is 459 g/mol. The van der Waals surface area contributed by atoms with Crippen LogP contribution in [0.5, 0.6) is 0 Å². The minimum Gasteiger partial charge on any atom is -0.467 e. The molecule has 0 aliphatic heterocycles. The van der Waals surface area contributed by atoms with Crippen molar-refractivity contribution in [3.8, 4) is 0 Å². The topological polar surface area (TPSA) is 46.6 Å². The van der Waals surface area contributed by atoms with Crippen molar-refractivity contribution in [3.05, 3.63) is 93.5 Å². The fraction of sp³-hybridized carbons (Fsp3) is 0.136. The van der Waals surface area contributed by atoms with Crippen molar-refractivity contribution in [1.82, 2.24) is 4.90 Å². The van der Waals surface area contributed by atoms with Crippen LogP contribution in [0.25, 0.3) is 11.0 Å². The lowest BCUT2D eigenvalue weighted by molar-refractivity contribution is -0.132. The number of benzene rings is 2. The number of rotatable bonds is 6. The Morgan fingerprint density at radius 2 is 1.86 bits per heavy atom. The Hall–Kier alpha value is -2.50. The predicted molar refractivity (Wildman–Crippen MR) is 112 cm³/mol. The highest BCUT2D eigenvalue weighted by Crippen LogP contribution is 2.26. The molecule has 0 unspecified atom stereocenters. The smallest absolute Gasteiger partial charge is 0.227 e.